The summed E-state index contributed by atoms with van der Waals surface area (Å²) in [5.41, 5.74) is 5.77. The zero-order valence-electron chi connectivity index (χ0n) is 36.2. The Bertz CT molecular complexity index is 2820. The van der Waals surface area contributed by atoms with Crippen molar-refractivity contribution in [3.8, 4) is 5.88 Å². The van der Waals surface area contributed by atoms with Crippen LogP contribution < -0.4 is 24.6 Å². The number of nitrogens with one attached hydrogen (secondary N) is 3. The molecule has 3 fully saturated rings. The Morgan fingerprint density at radius 2 is 1.80 bits per heavy atom. The van der Waals surface area contributed by atoms with Gasteiger partial charge >= 0.3 is 0 Å². The highest BCUT2D eigenvalue weighted by Crippen LogP contribution is 2.55. The van der Waals surface area contributed by atoms with Crippen molar-refractivity contribution in [2.75, 3.05) is 87.4 Å². The highest BCUT2D eigenvalue weighted by atomic mass is 35.5. The molecule has 1 saturated carbocycles. The van der Waals surface area contributed by atoms with Crippen molar-refractivity contribution in [2.24, 2.45) is 5.41 Å². The zero-order chi connectivity index (χ0) is 45.6. The van der Waals surface area contributed by atoms with E-state index in [1.807, 2.05) is 35.2 Å². The highest BCUT2D eigenvalue weighted by Gasteiger charge is 2.41. The minimum absolute atomic E-state index is 0.00846. The van der Waals surface area contributed by atoms with Crippen molar-refractivity contribution in [1.29, 1.82) is 0 Å². The molecular weight excluding hydrogens is 891 g/mol. The molecule has 5 aliphatic rings. The Kier molecular flexibility index (Phi) is 12.1. The van der Waals surface area contributed by atoms with Gasteiger partial charge in [0.2, 0.25) is 5.88 Å². The van der Waals surface area contributed by atoms with Crippen molar-refractivity contribution in [3.05, 3.63) is 111 Å². The molecule has 346 valence electrons. The Morgan fingerprint density at radius 1 is 0.985 bits per heavy atom. The first kappa shape index (κ1) is 44.1. The third-order valence-corrected chi connectivity index (χ3v) is 15.3. The molecule has 3 aliphatic heterocycles. The third kappa shape index (κ3) is 8.91. The molecule has 19 heteroatoms. The normalized spacial score (nSPS) is 19.9. The number of hydrogen-bond donors (Lipinski definition) is 3. The summed E-state index contributed by atoms with van der Waals surface area (Å²) in [7, 11) is -4.85. The first-order valence-electron chi connectivity index (χ1n) is 22.4. The second-order valence-electron chi connectivity index (χ2n) is 17.8. The number of hydrogen-bond acceptors (Lipinski definition) is 13. The van der Waals surface area contributed by atoms with E-state index in [9.17, 15) is 23.3 Å². The summed E-state index contributed by atoms with van der Waals surface area (Å²) in [6, 6.07) is 18.7. The van der Waals surface area contributed by atoms with Gasteiger partial charge in [0.25, 0.3) is 21.6 Å². The number of nitrogens with zero attached hydrogens (tertiary/aromatic N) is 5. The van der Waals surface area contributed by atoms with Crippen LogP contribution in [-0.4, -0.2) is 112 Å². The smallest absolute Gasteiger partial charge is 0.296 e. The van der Waals surface area contributed by atoms with Crippen LogP contribution in [0.2, 0.25) is 5.02 Å². The van der Waals surface area contributed by atoms with Gasteiger partial charge in [0.15, 0.2) is 5.82 Å². The molecule has 1 amide bonds. The van der Waals surface area contributed by atoms with Crippen LogP contribution in [0.15, 0.2) is 83.4 Å². The SMILES string of the molecule is O=C(NS(=O)(=O)c1cc(F)c(NCC2COCCO2)c([N+](=O)[O-])c1)c1ccc(N2CCN(CC3=C(c4ccc(Cl)cc4)CC4(CCC4)CC3)CC2)cc1N1CCOc2nc3[nH]ccc3cc21. The topological polar surface area (TPSA) is 185 Å². The van der Waals surface area contributed by atoms with Crippen LogP contribution in [0.3, 0.4) is 0 Å². The van der Waals surface area contributed by atoms with Crippen molar-refractivity contribution in [2.45, 2.75) is 49.5 Å². The number of benzene rings is 3. The van der Waals surface area contributed by atoms with Gasteiger partial charge in [-0.3, -0.25) is 19.8 Å². The van der Waals surface area contributed by atoms with Gasteiger partial charge in [0.1, 0.15) is 23.6 Å². The Morgan fingerprint density at radius 3 is 2.55 bits per heavy atom. The zero-order valence-corrected chi connectivity index (χ0v) is 37.8. The number of pyridine rings is 1. The number of aromatic amines is 1. The minimum Gasteiger partial charge on any atom is -0.474 e. The number of piperazine rings is 1. The number of amides is 1. The highest BCUT2D eigenvalue weighted by molar-refractivity contribution is 7.90. The molecule has 1 unspecified atom stereocenters. The molecule has 2 aromatic heterocycles. The van der Waals surface area contributed by atoms with Crippen LogP contribution >= 0.6 is 11.6 Å². The number of rotatable bonds is 12. The van der Waals surface area contributed by atoms with E-state index in [1.54, 1.807) is 18.3 Å². The predicted octanol–water partition coefficient (Wildman–Crippen LogP) is 7.67. The van der Waals surface area contributed by atoms with Crippen LogP contribution in [0.1, 0.15) is 54.4 Å². The van der Waals surface area contributed by atoms with E-state index >= 15 is 4.39 Å². The number of carbonyl (C=O) groups excluding carboxylic acids is 1. The van der Waals surface area contributed by atoms with Gasteiger partial charge < -0.3 is 34.3 Å². The van der Waals surface area contributed by atoms with Crippen LogP contribution in [0, 0.1) is 21.3 Å². The van der Waals surface area contributed by atoms with E-state index < -0.39 is 49.0 Å². The van der Waals surface area contributed by atoms with E-state index in [4.69, 9.17) is 25.8 Å². The van der Waals surface area contributed by atoms with Gasteiger partial charge in [-0.25, -0.2) is 17.5 Å². The maximum absolute atomic E-state index is 15.6. The van der Waals surface area contributed by atoms with E-state index in [-0.39, 0.29) is 25.3 Å². The van der Waals surface area contributed by atoms with Crippen LogP contribution in [0.25, 0.3) is 16.6 Å². The number of anilines is 4. The fourth-order valence-corrected chi connectivity index (χ4v) is 11.1. The molecule has 16 nitrogen and oxygen atoms in total. The van der Waals surface area contributed by atoms with Crippen molar-refractivity contribution in [3.63, 3.8) is 0 Å². The molecular formula is C47H50ClFN8O8S. The Hall–Kier alpha value is -5.79. The minimum atomic E-state index is -4.85. The number of H-pyrrole nitrogens is 1. The second kappa shape index (κ2) is 18.1. The van der Waals surface area contributed by atoms with Crippen LogP contribution in [0.5, 0.6) is 5.88 Å². The predicted molar refractivity (Wildman–Crippen MR) is 249 cm³/mol. The van der Waals surface area contributed by atoms with E-state index in [0.717, 1.165) is 67.7 Å². The van der Waals surface area contributed by atoms with Crippen LogP contribution in [0.4, 0.5) is 32.8 Å². The van der Waals surface area contributed by atoms with Gasteiger partial charge in [-0.2, -0.15) is 4.98 Å². The fraction of sp³-hybridized carbons (Fsp3) is 0.404. The number of halogens is 2. The summed E-state index contributed by atoms with van der Waals surface area (Å²) >= 11 is 6.29. The number of ether oxygens (including phenoxy) is 3. The molecule has 0 radical (unpaired) electrons. The van der Waals surface area contributed by atoms with Gasteiger partial charge in [-0.1, -0.05) is 35.7 Å². The van der Waals surface area contributed by atoms with Gasteiger partial charge in [0.05, 0.1) is 53.5 Å². The summed E-state index contributed by atoms with van der Waals surface area (Å²) in [5, 5.41) is 16.3. The lowest BCUT2D eigenvalue weighted by Gasteiger charge is -2.47. The van der Waals surface area contributed by atoms with E-state index in [0.29, 0.717) is 54.1 Å². The lowest BCUT2D eigenvalue weighted by atomic mass is 9.59. The molecule has 1 spiro atoms. The number of aromatic nitrogens is 2. The summed E-state index contributed by atoms with van der Waals surface area (Å²) in [6.45, 7) is 5.39. The standard InChI is InChI=1S/C47H50ClFN8O8S/c48-33-4-2-30(3-5-33)38-26-47(10-1-11-47)12-8-32(38)28-54-14-16-55(17-15-54)34-6-7-37(40(23-34)56-18-19-65-46-42(56)22-31-9-13-50-44(31)52-46)45(58)53-66(61,62)36-24-39(49)43(41(25-36)57(59)60)51-27-35-29-63-20-21-64-35/h2-7,9,13,22-25,35,51H,1,8,10-12,14-21,26-29H2,(H,50,52)(H,53,58). The largest absolute Gasteiger partial charge is 0.474 e. The molecule has 10 rings (SSSR count). The van der Waals surface area contributed by atoms with Gasteiger partial charge in [0, 0.05) is 67.6 Å². The Balaban J connectivity index is 0.915. The molecule has 2 aliphatic carbocycles. The molecule has 2 saturated heterocycles. The quantitative estimate of drug-likeness (QED) is 0.0819. The maximum atomic E-state index is 15.6. The monoisotopic (exact) mass is 940 g/mol. The average Bonchev–Trinajstić information content (AvgIpc) is 3.77. The van der Waals surface area contributed by atoms with Crippen molar-refractivity contribution < 1.29 is 36.7 Å². The summed E-state index contributed by atoms with van der Waals surface area (Å²) in [4.78, 5) is 39.2. The molecule has 66 heavy (non-hydrogen) atoms. The Labute approximate surface area is 386 Å². The van der Waals surface area contributed by atoms with Gasteiger partial charge in [-0.05, 0) is 97.2 Å². The molecule has 1 atom stereocenters. The van der Waals surface area contributed by atoms with Crippen molar-refractivity contribution >= 4 is 72.6 Å². The van der Waals surface area contributed by atoms with Crippen LogP contribution in [-0.2, 0) is 19.5 Å². The molecule has 3 aromatic carbocycles. The van der Waals surface area contributed by atoms with Gasteiger partial charge in [-0.15, -0.1) is 0 Å². The first-order valence-corrected chi connectivity index (χ1v) is 24.2. The second-order valence-corrected chi connectivity index (χ2v) is 19.9. The molecule has 5 heterocycles. The average molecular weight is 941 g/mol. The van der Waals surface area contributed by atoms with Crippen molar-refractivity contribution in [1.82, 2.24) is 19.6 Å². The number of allylic oxidation sites excluding steroid dienone is 1. The number of nitro benzene ring substituents is 1. The summed E-state index contributed by atoms with van der Waals surface area (Å²) < 4.78 is 62.3. The third-order valence-electron chi connectivity index (χ3n) is 13.7. The molecule has 5 aromatic rings. The fourth-order valence-electron chi connectivity index (χ4n) is 9.96. The number of fused-ring (bicyclic) bond motifs is 2. The molecule has 3 N–H and O–H groups in total. The summed E-state index contributed by atoms with van der Waals surface area (Å²) in [5.74, 6) is -1.86. The first-order chi connectivity index (χ1) is 31.9. The number of sulfonamides is 1. The summed E-state index contributed by atoms with van der Waals surface area (Å²) in [6.07, 6.45) is 8.59. The van der Waals surface area contributed by atoms with E-state index in [1.165, 1.54) is 42.4 Å². The van der Waals surface area contributed by atoms with E-state index in [2.05, 4.69) is 41.9 Å². The number of nitro groups is 1. The lowest BCUT2D eigenvalue weighted by Crippen LogP contribution is -2.47. The maximum Gasteiger partial charge on any atom is 0.296 e. The molecule has 0 bridgehead atoms. The number of carbonyl (C=O) groups is 1. The lowest BCUT2D eigenvalue weighted by molar-refractivity contribution is -0.384.